The predicted octanol–water partition coefficient (Wildman–Crippen LogP) is 1.22. The first-order valence-corrected chi connectivity index (χ1v) is 9.11. The third kappa shape index (κ3) is 2.65. The minimum atomic E-state index is -0.141. The Bertz CT molecular complexity index is 770. The maximum atomic E-state index is 12.5. The number of allylic oxidation sites excluding steroid dienone is 2. The molecule has 1 aromatic heterocycles. The van der Waals surface area contributed by atoms with Crippen molar-refractivity contribution in [1.82, 2.24) is 9.88 Å². The Labute approximate surface area is 144 Å². The van der Waals surface area contributed by atoms with Crippen LogP contribution in [0.15, 0.2) is 36.4 Å². The van der Waals surface area contributed by atoms with Crippen LogP contribution < -0.4 is 4.90 Å². The van der Waals surface area contributed by atoms with E-state index in [-0.39, 0.29) is 23.7 Å². The standard InChI is InChI=1S/C18H19N3O2S/c1-20(10-16-19-14-8-4-5-9-15(14)24-16)11-21-17(22)12-6-2-3-7-13(12)18(21)23/h2-5,8-9,12-13H,6-7,10-11H2,1H3/p+1/t12-,13+. The number of amides is 2. The first-order valence-electron chi connectivity index (χ1n) is 8.29. The molecule has 1 aliphatic carbocycles. The molecule has 5 nitrogen and oxygen atoms in total. The van der Waals surface area contributed by atoms with Gasteiger partial charge in [0.25, 0.3) is 0 Å². The monoisotopic (exact) mass is 342 g/mol. The van der Waals surface area contributed by atoms with Gasteiger partial charge in [0.05, 0.1) is 29.1 Å². The molecule has 1 aliphatic heterocycles. The molecular formula is C18H20N3O2S+. The van der Waals surface area contributed by atoms with Gasteiger partial charge in [-0.15, -0.1) is 11.3 Å². The van der Waals surface area contributed by atoms with Crippen molar-refractivity contribution in [2.45, 2.75) is 19.4 Å². The maximum absolute atomic E-state index is 12.5. The quantitative estimate of drug-likeness (QED) is 0.671. The smallest absolute Gasteiger partial charge is 0.237 e. The molecule has 0 spiro atoms. The molecule has 2 heterocycles. The second-order valence-electron chi connectivity index (χ2n) is 6.63. The molecule has 1 saturated heterocycles. The summed E-state index contributed by atoms with van der Waals surface area (Å²) in [6, 6.07) is 8.07. The van der Waals surface area contributed by atoms with E-state index >= 15 is 0 Å². The predicted molar refractivity (Wildman–Crippen MR) is 92.3 cm³/mol. The summed E-state index contributed by atoms with van der Waals surface area (Å²) in [5.41, 5.74) is 1.01. The lowest BCUT2D eigenvalue weighted by atomic mass is 9.85. The van der Waals surface area contributed by atoms with Gasteiger partial charge < -0.3 is 4.90 Å². The van der Waals surface area contributed by atoms with Crippen molar-refractivity contribution in [3.05, 3.63) is 41.4 Å². The van der Waals surface area contributed by atoms with Gasteiger partial charge in [-0.3, -0.25) is 9.59 Å². The van der Waals surface area contributed by atoms with E-state index in [0.29, 0.717) is 26.1 Å². The molecule has 0 saturated carbocycles. The number of aromatic nitrogens is 1. The highest BCUT2D eigenvalue weighted by Gasteiger charge is 2.48. The van der Waals surface area contributed by atoms with E-state index in [2.05, 4.69) is 11.1 Å². The van der Waals surface area contributed by atoms with Crippen molar-refractivity contribution >= 4 is 33.4 Å². The fourth-order valence-corrected chi connectivity index (χ4v) is 4.69. The van der Waals surface area contributed by atoms with Crippen LogP contribution in [0.2, 0.25) is 0 Å². The summed E-state index contributed by atoms with van der Waals surface area (Å²) < 4.78 is 1.17. The molecule has 4 rings (SSSR count). The van der Waals surface area contributed by atoms with Crippen LogP contribution in [0.25, 0.3) is 10.2 Å². The summed E-state index contributed by atoms with van der Waals surface area (Å²) in [6.07, 6.45) is 5.44. The number of hydrogen-bond acceptors (Lipinski definition) is 4. The first-order chi connectivity index (χ1) is 11.6. The summed E-state index contributed by atoms with van der Waals surface area (Å²) in [4.78, 5) is 32.2. The van der Waals surface area contributed by atoms with Crippen molar-refractivity contribution in [2.75, 3.05) is 13.7 Å². The number of quaternary nitrogens is 1. The average molecular weight is 342 g/mol. The number of imide groups is 1. The van der Waals surface area contributed by atoms with Gasteiger partial charge in [-0.1, -0.05) is 24.3 Å². The fraction of sp³-hybridized carbons (Fsp3) is 0.389. The molecule has 2 aliphatic rings. The zero-order valence-electron chi connectivity index (χ0n) is 13.6. The number of para-hydroxylation sites is 1. The van der Waals surface area contributed by atoms with E-state index < -0.39 is 0 Å². The minimum Gasteiger partial charge on any atom is -0.314 e. The highest BCUT2D eigenvalue weighted by atomic mass is 32.1. The Hall–Kier alpha value is -2.05. The number of rotatable bonds is 4. The van der Waals surface area contributed by atoms with Crippen molar-refractivity contribution < 1.29 is 14.5 Å². The van der Waals surface area contributed by atoms with Crippen LogP contribution in [0, 0.1) is 11.8 Å². The number of nitrogens with one attached hydrogen (secondary N) is 1. The summed E-state index contributed by atoms with van der Waals surface area (Å²) in [5.74, 6) is -0.286. The number of carbonyl (C=O) groups is 2. The number of thiazole rings is 1. The minimum absolute atomic E-state index is 0.00185. The largest absolute Gasteiger partial charge is 0.314 e. The zero-order valence-corrected chi connectivity index (χ0v) is 14.4. The van der Waals surface area contributed by atoms with Gasteiger partial charge in [0.15, 0.2) is 6.67 Å². The van der Waals surface area contributed by atoms with Crippen LogP contribution in [0.5, 0.6) is 0 Å². The highest BCUT2D eigenvalue weighted by molar-refractivity contribution is 7.18. The number of likely N-dealkylation sites (tertiary alicyclic amines) is 1. The number of fused-ring (bicyclic) bond motifs is 2. The molecule has 1 N–H and O–H groups in total. The molecule has 124 valence electrons. The molecule has 2 amide bonds. The Morgan fingerprint density at radius 3 is 2.50 bits per heavy atom. The van der Waals surface area contributed by atoms with Crippen LogP contribution >= 0.6 is 11.3 Å². The second-order valence-corrected chi connectivity index (χ2v) is 7.74. The van der Waals surface area contributed by atoms with Gasteiger partial charge in [0.1, 0.15) is 11.6 Å². The van der Waals surface area contributed by atoms with Crippen LogP contribution in [0.1, 0.15) is 17.8 Å². The lowest BCUT2D eigenvalue weighted by Crippen LogP contribution is -3.09. The van der Waals surface area contributed by atoms with Gasteiger partial charge in [-0.2, -0.15) is 0 Å². The van der Waals surface area contributed by atoms with Gasteiger partial charge in [0.2, 0.25) is 11.8 Å². The number of carbonyl (C=O) groups excluding carboxylic acids is 2. The summed E-state index contributed by atoms with van der Waals surface area (Å²) >= 11 is 1.67. The molecule has 0 bridgehead atoms. The molecular weight excluding hydrogens is 322 g/mol. The van der Waals surface area contributed by atoms with Crippen molar-refractivity contribution in [3.8, 4) is 0 Å². The molecule has 2 aromatic rings. The topological polar surface area (TPSA) is 54.7 Å². The van der Waals surface area contributed by atoms with Crippen LogP contribution in [0.4, 0.5) is 0 Å². The summed E-state index contributed by atoms with van der Waals surface area (Å²) in [5, 5.41) is 1.03. The molecule has 1 unspecified atom stereocenters. The molecule has 1 aromatic carbocycles. The number of nitrogens with zero attached hydrogens (tertiary/aromatic N) is 2. The maximum Gasteiger partial charge on any atom is 0.237 e. The van der Waals surface area contributed by atoms with Crippen molar-refractivity contribution in [2.24, 2.45) is 11.8 Å². The third-order valence-electron chi connectivity index (χ3n) is 4.82. The molecule has 3 atom stereocenters. The Kier molecular flexibility index (Phi) is 3.94. The second kappa shape index (κ2) is 6.11. The highest BCUT2D eigenvalue weighted by Crippen LogP contribution is 2.34. The van der Waals surface area contributed by atoms with Crippen LogP contribution in [-0.2, 0) is 16.1 Å². The SMILES string of the molecule is C[NH+](Cc1nc2ccccc2s1)CN1C(=O)[C@H]2CC=CC[C@H]2C1=O. The Morgan fingerprint density at radius 1 is 1.17 bits per heavy atom. The van der Waals surface area contributed by atoms with Gasteiger partial charge in [0, 0.05) is 0 Å². The lowest BCUT2D eigenvalue weighted by molar-refractivity contribution is -0.901. The van der Waals surface area contributed by atoms with Crippen molar-refractivity contribution in [3.63, 3.8) is 0 Å². The Morgan fingerprint density at radius 2 is 1.83 bits per heavy atom. The van der Waals surface area contributed by atoms with E-state index in [1.807, 2.05) is 37.4 Å². The van der Waals surface area contributed by atoms with Crippen molar-refractivity contribution in [1.29, 1.82) is 0 Å². The van der Waals surface area contributed by atoms with Crippen LogP contribution in [0.3, 0.4) is 0 Å². The molecule has 24 heavy (non-hydrogen) atoms. The van der Waals surface area contributed by atoms with E-state index in [0.717, 1.165) is 15.4 Å². The Balaban J connectivity index is 1.45. The third-order valence-corrected chi connectivity index (χ3v) is 5.85. The molecule has 1 fully saturated rings. The van der Waals surface area contributed by atoms with Crippen LogP contribution in [-0.4, -0.2) is 35.4 Å². The average Bonchev–Trinajstić information content (AvgIpc) is 3.09. The van der Waals surface area contributed by atoms with E-state index in [9.17, 15) is 9.59 Å². The van der Waals surface area contributed by atoms with Gasteiger partial charge in [-0.05, 0) is 25.0 Å². The normalized spacial score (nSPS) is 24.6. The summed E-state index contributed by atoms with van der Waals surface area (Å²) in [6.45, 7) is 1.13. The van der Waals surface area contributed by atoms with E-state index in [4.69, 9.17) is 0 Å². The van der Waals surface area contributed by atoms with E-state index in [1.54, 1.807) is 11.3 Å². The fourth-order valence-electron chi connectivity index (χ4n) is 3.60. The first kappa shape index (κ1) is 15.5. The van der Waals surface area contributed by atoms with Gasteiger partial charge in [-0.25, -0.2) is 9.88 Å². The lowest BCUT2D eigenvalue weighted by Gasteiger charge is -2.19. The van der Waals surface area contributed by atoms with E-state index in [1.165, 1.54) is 9.60 Å². The molecule has 0 radical (unpaired) electrons. The molecule has 6 heteroatoms. The zero-order chi connectivity index (χ0) is 16.7. The van der Waals surface area contributed by atoms with Gasteiger partial charge >= 0.3 is 0 Å². The summed E-state index contributed by atoms with van der Waals surface area (Å²) in [7, 11) is 2.01. The number of benzene rings is 1. The number of hydrogen-bond donors (Lipinski definition) is 1.